The zero-order valence-corrected chi connectivity index (χ0v) is 9.01. The average molecular weight is 200 g/mol. The van der Waals surface area contributed by atoms with E-state index in [2.05, 4.69) is 17.2 Å². The van der Waals surface area contributed by atoms with Gasteiger partial charge in [-0.25, -0.2) is 0 Å². The second-order valence-corrected chi connectivity index (χ2v) is 3.18. The summed E-state index contributed by atoms with van der Waals surface area (Å²) in [6, 6.07) is 0.0636. The highest BCUT2D eigenvalue weighted by Crippen LogP contribution is 1.82. The van der Waals surface area contributed by atoms with Crippen LogP contribution in [0.1, 0.15) is 13.3 Å². The van der Waals surface area contributed by atoms with Crippen molar-refractivity contribution in [2.24, 2.45) is 0 Å². The molecular formula is C10H20N2O2. The molecule has 14 heavy (non-hydrogen) atoms. The largest absolute Gasteiger partial charge is 0.383 e. The van der Waals surface area contributed by atoms with E-state index in [9.17, 15) is 4.79 Å². The van der Waals surface area contributed by atoms with Gasteiger partial charge >= 0.3 is 0 Å². The Labute approximate surface area is 85.7 Å². The van der Waals surface area contributed by atoms with Crippen LogP contribution in [0.5, 0.6) is 0 Å². The van der Waals surface area contributed by atoms with Crippen LogP contribution in [0.3, 0.4) is 0 Å². The lowest BCUT2D eigenvalue weighted by molar-refractivity contribution is -0.121. The van der Waals surface area contributed by atoms with E-state index in [4.69, 9.17) is 4.74 Å². The summed E-state index contributed by atoms with van der Waals surface area (Å²) < 4.78 is 4.90. The molecule has 0 aromatic rings. The number of hydrogen-bond acceptors (Lipinski definition) is 3. The molecule has 4 nitrogen and oxygen atoms in total. The fourth-order valence-corrected chi connectivity index (χ4v) is 1.02. The van der Waals surface area contributed by atoms with Crippen molar-refractivity contribution in [3.8, 4) is 0 Å². The van der Waals surface area contributed by atoms with Gasteiger partial charge in [0.15, 0.2) is 0 Å². The quantitative estimate of drug-likeness (QED) is 0.438. The molecule has 0 fully saturated rings. The molecule has 0 saturated heterocycles. The first-order chi connectivity index (χ1) is 6.70. The van der Waals surface area contributed by atoms with E-state index in [1.807, 2.05) is 13.0 Å². The Morgan fingerprint density at radius 3 is 2.93 bits per heavy atom. The van der Waals surface area contributed by atoms with Crippen LogP contribution < -0.4 is 10.6 Å². The lowest BCUT2D eigenvalue weighted by Gasteiger charge is -2.12. The first kappa shape index (κ1) is 13.1. The summed E-state index contributed by atoms with van der Waals surface area (Å²) in [6.45, 7) is 7.18. The second kappa shape index (κ2) is 8.72. The number of ether oxygens (including phenoxy) is 1. The van der Waals surface area contributed by atoms with Crippen LogP contribution in [-0.2, 0) is 9.53 Å². The lowest BCUT2D eigenvalue weighted by atomic mass is 10.3. The molecule has 0 heterocycles. The highest BCUT2D eigenvalue weighted by atomic mass is 16.5. The highest BCUT2D eigenvalue weighted by molar-refractivity contribution is 5.78. The van der Waals surface area contributed by atoms with Crippen molar-refractivity contribution in [2.75, 3.05) is 26.8 Å². The fourth-order valence-electron chi connectivity index (χ4n) is 1.02. The highest BCUT2D eigenvalue weighted by Gasteiger charge is 2.05. The third-order valence-corrected chi connectivity index (χ3v) is 1.63. The smallest absolute Gasteiger partial charge is 0.234 e. The minimum Gasteiger partial charge on any atom is -0.383 e. The Morgan fingerprint density at radius 2 is 2.36 bits per heavy atom. The van der Waals surface area contributed by atoms with Gasteiger partial charge in [0.25, 0.3) is 0 Å². The van der Waals surface area contributed by atoms with Gasteiger partial charge in [-0.3, -0.25) is 4.79 Å². The molecule has 1 atom stereocenters. The van der Waals surface area contributed by atoms with Crippen molar-refractivity contribution in [3.63, 3.8) is 0 Å². The SMILES string of the molecule is C=CCCNCC(=O)NC(C)COC. The summed E-state index contributed by atoms with van der Waals surface area (Å²) in [4.78, 5) is 11.2. The number of methoxy groups -OCH3 is 1. The Bertz CT molecular complexity index is 172. The number of hydrogen-bond donors (Lipinski definition) is 2. The standard InChI is InChI=1S/C10H20N2O2/c1-4-5-6-11-7-10(13)12-9(2)8-14-3/h4,9,11H,1,5-8H2,2-3H3,(H,12,13). The van der Waals surface area contributed by atoms with E-state index in [1.54, 1.807) is 7.11 Å². The molecular weight excluding hydrogens is 180 g/mol. The van der Waals surface area contributed by atoms with Crippen LogP contribution in [0.2, 0.25) is 0 Å². The molecule has 1 unspecified atom stereocenters. The Kier molecular flexibility index (Phi) is 8.17. The fraction of sp³-hybridized carbons (Fsp3) is 0.700. The van der Waals surface area contributed by atoms with Crippen molar-refractivity contribution in [1.82, 2.24) is 10.6 Å². The van der Waals surface area contributed by atoms with Crippen molar-refractivity contribution in [2.45, 2.75) is 19.4 Å². The number of amides is 1. The van der Waals surface area contributed by atoms with Crippen LogP contribution in [-0.4, -0.2) is 38.8 Å². The van der Waals surface area contributed by atoms with E-state index in [0.29, 0.717) is 13.2 Å². The van der Waals surface area contributed by atoms with Gasteiger partial charge in [-0.15, -0.1) is 6.58 Å². The van der Waals surface area contributed by atoms with Crippen molar-refractivity contribution in [3.05, 3.63) is 12.7 Å². The molecule has 82 valence electrons. The van der Waals surface area contributed by atoms with E-state index < -0.39 is 0 Å². The maximum Gasteiger partial charge on any atom is 0.234 e. The number of carbonyl (C=O) groups excluding carboxylic acids is 1. The maximum absolute atomic E-state index is 11.2. The summed E-state index contributed by atoms with van der Waals surface area (Å²) in [5, 5.41) is 5.81. The average Bonchev–Trinajstić information content (AvgIpc) is 2.13. The number of rotatable bonds is 8. The van der Waals surface area contributed by atoms with Crippen molar-refractivity contribution in [1.29, 1.82) is 0 Å². The third-order valence-electron chi connectivity index (χ3n) is 1.63. The van der Waals surface area contributed by atoms with E-state index in [-0.39, 0.29) is 11.9 Å². The van der Waals surface area contributed by atoms with Crippen LogP contribution in [0, 0.1) is 0 Å². The van der Waals surface area contributed by atoms with Gasteiger partial charge in [-0.2, -0.15) is 0 Å². The number of carbonyl (C=O) groups is 1. The van der Waals surface area contributed by atoms with Crippen LogP contribution >= 0.6 is 0 Å². The minimum absolute atomic E-state index is 0.00128. The first-order valence-electron chi connectivity index (χ1n) is 4.80. The molecule has 0 aliphatic carbocycles. The Balaban J connectivity index is 3.40. The van der Waals surface area contributed by atoms with Crippen LogP contribution in [0.15, 0.2) is 12.7 Å². The summed E-state index contributed by atoms with van der Waals surface area (Å²) in [5.41, 5.74) is 0. The summed E-state index contributed by atoms with van der Waals surface area (Å²) in [5.74, 6) is -0.00128. The minimum atomic E-state index is -0.00128. The Hall–Kier alpha value is -0.870. The lowest BCUT2D eigenvalue weighted by Crippen LogP contribution is -2.41. The summed E-state index contributed by atoms with van der Waals surface area (Å²) in [7, 11) is 1.62. The molecule has 0 spiro atoms. The van der Waals surface area contributed by atoms with Crippen LogP contribution in [0.4, 0.5) is 0 Å². The molecule has 1 amide bonds. The zero-order chi connectivity index (χ0) is 10.8. The van der Waals surface area contributed by atoms with Crippen LogP contribution in [0.25, 0.3) is 0 Å². The molecule has 0 saturated carbocycles. The summed E-state index contributed by atoms with van der Waals surface area (Å²) in [6.07, 6.45) is 2.69. The van der Waals surface area contributed by atoms with Gasteiger partial charge in [0.1, 0.15) is 0 Å². The molecule has 0 radical (unpaired) electrons. The third kappa shape index (κ3) is 7.76. The van der Waals surface area contributed by atoms with Gasteiger partial charge in [-0.05, 0) is 19.9 Å². The van der Waals surface area contributed by atoms with Gasteiger partial charge < -0.3 is 15.4 Å². The van der Waals surface area contributed by atoms with E-state index in [1.165, 1.54) is 0 Å². The molecule has 0 aliphatic heterocycles. The van der Waals surface area contributed by atoms with Gasteiger partial charge in [-0.1, -0.05) is 6.08 Å². The topological polar surface area (TPSA) is 50.4 Å². The summed E-state index contributed by atoms with van der Waals surface area (Å²) >= 11 is 0. The van der Waals surface area contributed by atoms with Gasteiger partial charge in [0, 0.05) is 13.2 Å². The maximum atomic E-state index is 11.2. The van der Waals surface area contributed by atoms with E-state index in [0.717, 1.165) is 13.0 Å². The molecule has 0 aromatic heterocycles. The zero-order valence-electron chi connectivity index (χ0n) is 9.01. The predicted octanol–water partition coefficient (Wildman–Crippen LogP) is 0.303. The molecule has 4 heteroatoms. The molecule has 0 bridgehead atoms. The second-order valence-electron chi connectivity index (χ2n) is 3.18. The monoisotopic (exact) mass is 200 g/mol. The van der Waals surface area contributed by atoms with Crippen molar-refractivity contribution >= 4 is 5.91 Å². The normalized spacial score (nSPS) is 12.1. The molecule has 0 rings (SSSR count). The van der Waals surface area contributed by atoms with Gasteiger partial charge in [0.05, 0.1) is 13.2 Å². The predicted molar refractivity (Wildman–Crippen MR) is 57.2 cm³/mol. The van der Waals surface area contributed by atoms with Crippen molar-refractivity contribution < 1.29 is 9.53 Å². The van der Waals surface area contributed by atoms with E-state index >= 15 is 0 Å². The molecule has 0 aromatic carbocycles. The Morgan fingerprint density at radius 1 is 1.64 bits per heavy atom. The first-order valence-corrected chi connectivity index (χ1v) is 4.80. The molecule has 0 aliphatic rings. The van der Waals surface area contributed by atoms with Gasteiger partial charge in [0.2, 0.25) is 5.91 Å². The molecule has 2 N–H and O–H groups in total. The number of nitrogens with one attached hydrogen (secondary N) is 2.